The van der Waals surface area contributed by atoms with Crippen molar-refractivity contribution in [2.24, 2.45) is 0 Å². The van der Waals surface area contributed by atoms with Gasteiger partial charge >= 0.3 is 11.9 Å². The van der Waals surface area contributed by atoms with E-state index in [0.717, 1.165) is 0 Å². The van der Waals surface area contributed by atoms with E-state index < -0.39 is 17.5 Å². The molecule has 1 rings (SSSR count). The van der Waals surface area contributed by atoms with Gasteiger partial charge in [-0.15, -0.1) is 0 Å². The number of aromatic nitrogens is 1. The average Bonchev–Trinajstić information content (AvgIpc) is 2.29. The number of aliphatic carboxylic acids is 1. The molecule has 2 N–H and O–H groups in total. The molecule has 0 saturated heterocycles. The molecule has 0 spiro atoms. The number of pyridine rings is 1. The van der Waals surface area contributed by atoms with Gasteiger partial charge in [-0.25, -0.2) is 14.6 Å². The fourth-order valence-corrected chi connectivity index (χ4v) is 1.18. The molecule has 0 aromatic carbocycles. The number of hydrogen-bond acceptors (Lipinski definition) is 5. The lowest BCUT2D eigenvalue weighted by atomic mass is 10.1. The molecule has 6 nitrogen and oxygen atoms in total. The van der Waals surface area contributed by atoms with E-state index in [4.69, 9.17) is 9.84 Å². The Morgan fingerprint density at radius 2 is 2.11 bits per heavy atom. The van der Waals surface area contributed by atoms with Gasteiger partial charge in [-0.3, -0.25) is 0 Å². The van der Waals surface area contributed by atoms with Crippen LogP contribution in [0.2, 0.25) is 0 Å². The Bertz CT molecular complexity index is 440. The SMILES string of the molecule is CCOC(=O)c1ccc(NC(C)(C)C(=O)O)nc1. The summed E-state index contributed by atoms with van der Waals surface area (Å²) < 4.78 is 4.81. The molecule has 1 heterocycles. The van der Waals surface area contributed by atoms with Crippen molar-refractivity contribution in [3.63, 3.8) is 0 Å². The topological polar surface area (TPSA) is 88.5 Å². The summed E-state index contributed by atoms with van der Waals surface area (Å²) in [5, 5.41) is 11.7. The van der Waals surface area contributed by atoms with Gasteiger partial charge in [-0.05, 0) is 32.9 Å². The van der Waals surface area contributed by atoms with Gasteiger partial charge in [0, 0.05) is 6.20 Å². The molecule has 0 saturated carbocycles. The van der Waals surface area contributed by atoms with Gasteiger partial charge in [-0.1, -0.05) is 0 Å². The molecule has 6 heteroatoms. The zero-order chi connectivity index (χ0) is 13.8. The number of hydrogen-bond donors (Lipinski definition) is 2. The number of anilines is 1. The van der Waals surface area contributed by atoms with Crippen molar-refractivity contribution >= 4 is 17.8 Å². The summed E-state index contributed by atoms with van der Waals surface area (Å²) in [4.78, 5) is 26.3. The zero-order valence-corrected chi connectivity index (χ0v) is 10.6. The molecule has 0 fully saturated rings. The third kappa shape index (κ3) is 3.44. The molecule has 1 aromatic heterocycles. The van der Waals surface area contributed by atoms with Gasteiger partial charge in [0.1, 0.15) is 11.4 Å². The van der Waals surface area contributed by atoms with Crippen LogP contribution in [0, 0.1) is 0 Å². The number of rotatable bonds is 5. The van der Waals surface area contributed by atoms with Crippen molar-refractivity contribution < 1.29 is 19.4 Å². The standard InChI is InChI=1S/C12H16N2O4/c1-4-18-10(15)8-5-6-9(13-7-8)14-12(2,3)11(16)17/h5-7H,4H2,1-3H3,(H,13,14)(H,16,17). The quantitative estimate of drug-likeness (QED) is 0.773. The molecule has 0 unspecified atom stereocenters. The summed E-state index contributed by atoms with van der Waals surface area (Å²) in [6.45, 7) is 5.06. The number of carbonyl (C=O) groups is 2. The highest BCUT2D eigenvalue weighted by Gasteiger charge is 2.27. The second-order valence-corrected chi connectivity index (χ2v) is 4.21. The Morgan fingerprint density at radius 1 is 1.44 bits per heavy atom. The van der Waals surface area contributed by atoms with E-state index in [1.165, 1.54) is 32.2 Å². The first-order valence-electron chi connectivity index (χ1n) is 5.51. The Morgan fingerprint density at radius 3 is 2.56 bits per heavy atom. The Hall–Kier alpha value is -2.11. The molecular formula is C12H16N2O4. The largest absolute Gasteiger partial charge is 0.480 e. The molecule has 0 bridgehead atoms. The van der Waals surface area contributed by atoms with E-state index in [0.29, 0.717) is 18.0 Å². The third-order valence-corrected chi connectivity index (χ3v) is 2.25. The van der Waals surface area contributed by atoms with Crippen LogP contribution >= 0.6 is 0 Å². The molecule has 1 aromatic rings. The van der Waals surface area contributed by atoms with Crippen LogP contribution in [-0.2, 0) is 9.53 Å². The number of nitrogens with zero attached hydrogens (tertiary/aromatic N) is 1. The van der Waals surface area contributed by atoms with E-state index in [1.807, 2.05) is 0 Å². The predicted octanol–water partition coefficient (Wildman–Crippen LogP) is 1.53. The first-order valence-corrected chi connectivity index (χ1v) is 5.51. The first kappa shape index (κ1) is 14.0. The summed E-state index contributed by atoms with van der Waals surface area (Å²) >= 11 is 0. The van der Waals surface area contributed by atoms with Crippen molar-refractivity contribution in [1.82, 2.24) is 4.98 Å². The second kappa shape index (κ2) is 5.48. The fourth-order valence-electron chi connectivity index (χ4n) is 1.18. The number of carbonyl (C=O) groups excluding carboxylic acids is 1. The van der Waals surface area contributed by atoms with Crippen LogP contribution < -0.4 is 5.32 Å². The van der Waals surface area contributed by atoms with Crippen LogP contribution in [0.1, 0.15) is 31.1 Å². The van der Waals surface area contributed by atoms with E-state index in [1.54, 1.807) is 6.92 Å². The zero-order valence-electron chi connectivity index (χ0n) is 10.6. The maximum atomic E-state index is 11.4. The molecule has 98 valence electrons. The minimum absolute atomic E-state index is 0.297. The van der Waals surface area contributed by atoms with E-state index in [2.05, 4.69) is 10.3 Å². The van der Waals surface area contributed by atoms with Crippen molar-refractivity contribution in [1.29, 1.82) is 0 Å². The number of esters is 1. The van der Waals surface area contributed by atoms with Gasteiger partial charge in [0.2, 0.25) is 0 Å². The molecular weight excluding hydrogens is 236 g/mol. The first-order chi connectivity index (χ1) is 8.36. The van der Waals surface area contributed by atoms with E-state index in [-0.39, 0.29) is 0 Å². The summed E-state index contributed by atoms with van der Waals surface area (Å²) in [5.41, 5.74) is -0.797. The molecule has 0 amide bonds. The average molecular weight is 252 g/mol. The van der Waals surface area contributed by atoms with Gasteiger partial charge < -0.3 is 15.2 Å². The summed E-state index contributed by atoms with van der Waals surface area (Å²) in [6, 6.07) is 3.07. The maximum absolute atomic E-state index is 11.4. The summed E-state index contributed by atoms with van der Waals surface area (Å²) in [6.07, 6.45) is 1.35. The van der Waals surface area contributed by atoms with Crippen molar-refractivity contribution in [2.45, 2.75) is 26.3 Å². The van der Waals surface area contributed by atoms with Gasteiger partial charge in [-0.2, -0.15) is 0 Å². The van der Waals surface area contributed by atoms with Crippen LogP contribution in [0.4, 0.5) is 5.82 Å². The van der Waals surface area contributed by atoms with Crippen LogP contribution in [0.15, 0.2) is 18.3 Å². The Kier molecular flexibility index (Phi) is 4.25. The maximum Gasteiger partial charge on any atom is 0.339 e. The van der Waals surface area contributed by atoms with E-state index >= 15 is 0 Å². The molecule has 0 aliphatic rings. The summed E-state index contributed by atoms with van der Waals surface area (Å²) in [7, 11) is 0. The highest BCUT2D eigenvalue weighted by atomic mass is 16.5. The van der Waals surface area contributed by atoms with Crippen LogP contribution in [0.5, 0.6) is 0 Å². The molecule has 0 aliphatic heterocycles. The highest BCUT2D eigenvalue weighted by molar-refractivity contribution is 5.89. The fraction of sp³-hybridized carbons (Fsp3) is 0.417. The Balaban J connectivity index is 2.78. The minimum Gasteiger partial charge on any atom is -0.480 e. The lowest BCUT2D eigenvalue weighted by molar-refractivity contribution is -0.141. The predicted molar refractivity (Wildman–Crippen MR) is 65.5 cm³/mol. The van der Waals surface area contributed by atoms with Gasteiger partial charge in [0.25, 0.3) is 0 Å². The van der Waals surface area contributed by atoms with Crippen LogP contribution in [-0.4, -0.2) is 34.2 Å². The minimum atomic E-state index is -1.13. The van der Waals surface area contributed by atoms with Crippen molar-refractivity contribution in [3.8, 4) is 0 Å². The highest BCUT2D eigenvalue weighted by Crippen LogP contribution is 2.13. The second-order valence-electron chi connectivity index (χ2n) is 4.21. The van der Waals surface area contributed by atoms with Gasteiger partial charge in [0.15, 0.2) is 0 Å². The number of carboxylic acids is 1. The van der Waals surface area contributed by atoms with Crippen LogP contribution in [0.25, 0.3) is 0 Å². The van der Waals surface area contributed by atoms with Gasteiger partial charge in [0.05, 0.1) is 12.2 Å². The Labute approximate surface area is 105 Å². The van der Waals surface area contributed by atoms with E-state index in [9.17, 15) is 9.59 Å². The number of nitrogens with one attached hydrogen (secondary N) is 1. The molecule has 0 atom stereocenters. The normalized spacial score (nSPS) is 10.8. The molecule has 0 radical (unpaired) electrons. The number of carboxylic acid groups (broad SMARTS) is 1. The summed E-state index contributed by atoms with van der Waals surface area (Å²) in [5.74, 6) is -1.05. The number of ether oxygens (including phenoxy) is 1. The molecule has 0 aliphatic carbocycles. The lowest BCUT2D eigenvalue weighted by Crippen LogP contribution is -2.40. The van der Waals surface area contributed by atoms with Crippen LogP contribution in [0.3, 0.4) is 0 Å². The lowest BCUT2D eigenvalue weighted by Gasteiger charge is -2.21. The third-order valence-electron chi connectivity index (χ3n) is 2.25. The monoisotopic (exact) mass is 252 g/mol. The van der Waals surface area contributed by atoms with Crippen molar-refractivity contribution in [3.05, 3.63) is 23.9 Å². The smallest absolute Gasteiger partial charge is 0.339 e. The molecule has 18 heavy (non-hydrogen) atoms. The van der Waals surface area contributed by atoms with Crippen molar-refractivity contribution in [2.75, 3.05) is 11.9 Å².